The average molecular weight is 352 g/mol. The van der Waals surface area contributed by atoms with Gasteiger partial charge in [0.2, 0.25) is 0 Å². The number of aryl methyl sites for hydroxylation is 2. The number of guanidine groups is 1. The first kappa shape index (κ1) is 19.2. The van der Waals surface area contributed by atoms with Gasteiger partial charge in [-0.3, -0.25) is 4.90 Å². The highest BCUT2D eigenvalue weighted by Crippen LogP contribution is 2.18. The van der Waals surface area contributed by atoms with Gasteiger partial charge in [-0.2, -0.15) is 0 Å². The summed E-state index contributed by atoms with van der Waals surface area (Å²) in [5, 5.41) is 7.92. The lowest BCUT2D eigenvalue weighted by Crippen LogP contribution is -2.48. The molecule has 2 heterocycles. The Morgan fingerprint density at radius 2 is 2.04 bits per heavy atom. The van der Waals surface area contributed by atoms with Gasteiger partial charge in [0, 0.05) is 24.0 Å². The standard InChI is InChI=1S/C18H33N5S/c1-6-19-18(21-12-17-22-15(4)16(5)24-17)20-11-14(3)23-9-7-13(2)8-10-23/h13-14H,6-12H2,1-5H3,(H2,19,20,21). The largest absolute Gasteiger partial charge is 0.357 e. The molecule has 0 aromatic carbocycles. The highest BCUT2D eigenvalue weighted by Gasteiger charge is 2.20. The summed E-state index contributed by atoms with van der Waals surface area (Å²) in [4.78, 5) is 13.1. The summed E-state index contributed by atoms with van der Waals surface area (Å²) in [5.41, 5.74) is 1.12. The molecule has 0 bridgehead atoms. The predicted molar refractivity (Wildman–Crippen MR) is 104 cm³/mol. The summed E-state index contributed by atoms with van der Waals surface area (Å²) in [7, 11) is 0. The molecule has 2 rings (SSSR count). The number of hydrogen-bond donors (Lipinski definition) is 2. The maximum absolute atomic E-state index is 4.69. The van der Waals surface area contributed by atoms with Crippen molar-refractivity contribution in [3.05, 3.63) is 15.6 Å². The molecule has 0 aliphatic carbocycles. The van der Waals surface area contributed by atoms with Crippen molar-refractivity contribution in [3.8, 4) is 0 Å². The summed E-state index contributed by atoms with van der Waals surface area (Å²) < 4.78 is 0. The number of thiazole rings is 1. The predicted octanol–water partition coefficient (Wildman–Crippen LogP) is 2.94. The Bertz CT molecular complexity index is 512. The summed E-state index contributed by atoms with van der Waals surface area (Å²) in [6.45, 7) is 15.8. The lowest BCUT2D eigenvalue weighted by atomic mass is 9.98. The van der Waals surface area contributed by atoms with E-state index in [2.05, 4.69) is 55.1 Å². The zero-order valence-corrected chi connectivity index (χ0v) is 16.7. The van der Waals surface area contributed by atoms with E-state index in [1.165, 1.54) is 30.8 Å². The van der Waals surface area contributed by atoms with Crippen molar-refractivity contribution >= 4 is 17.3 Å². The smallest absolute Gasteiger partial charge is 0.191 e. The van der Waals surface area contributed by atoms with Gasteiger partial charge in [-0.1, -0.05) is 6.92 Å². The normalized spacial score (nSPS) is 18.6. The number of aliphatic imine (C=N–C) groups is 1. The van der Waals surface area contributed by atoms with Gasteiger partial charge in [0.1, 0.15) is 5.01 Å². The van der Waals surface area contributed by atoms with Crippen LogP contribution >= 0.6 is 11.3 Å². The number of likely N-dealkylation sites (tertiary alicyclic amines) is 1. The minimum absolute atomic E-state index is 0.533. The van der Waals surface area contributed by atoms with Crippen LogP contribution in [0.3, 0.4) is 0 Å². The fourth-order valence-electron chi connectivity index (χ4n) is 2.94. The van der Waals surface area contributed by atoms with Crippen molar-refractivity contribution in [1.29, 1.82) is 0 Å². The zero-order valence-electron chi connectivity index (χ0n) is 15.9. The van der Waals surface area contributed by atoms with Crippen LogP contribution < -0.4 is 10.6 Å². The van der Waals surface area contributed by atoms with Crippen LogP contribution in [0.15, 0.2) is 4.99 Å². The molecule has 6 heteroatoms. The first-order chi connectivity index (χ1) is 11.5. The van der Waals surface area contributed by atoms with Crippen LogP contribution in [0.1, 0.15) is 49.2 Å². The van der Waals surface area contributed by atoms with E-state index in [0.717, 1.165) is 35.7 Å². The number of hydrogen-bond acceptors (Lipinski definition) is 4. The van der Waals surface area contributed by atoms with Crippen LogP contribution in [0.5, 0.6) is 0 Å². The SMILES string of the molecule is CCNC(=NCc1nc(C)c(C)s1)NCC(C)N1CCC(C)CC1. The topological polar surface area (TPSA) is 52.6 Å². The molecule has 5 nitrogen and oxygen atoms in total. The van der Waals surface area contributed by atoms with Crippen molar-refractivity contribution < 1.29 is 0 Å². The van der Waals surface area contributed by atoms with Crippen LogP contribution in [-0.2, 0) is 6.54 Å². The second kappa shape index (κ2) is 9.37. The van der Waals surface area contributed by atoms with Crippen LogP contribution in [0.25, 0.3) is 0 Å². The third kappa shape index (κ3) is 5.74. The zero-order chi connectivity index (χ0) is 17.5. The first-order valence-corrected chi connectivity index (χ1v) is 10.00. The molecular formula is C18H33N5S. The molecule has 0 radical (unpaired) electrons. The molecule has 1 unspecified atom stereocenters. The Morgan fingerprint density at radius 3 is 2.62 bits per heavy atom. The van der Waals surface area contributed by atoms with E-state index in [4.69, 9.17) is 4.99 Å². The first-order valence-electron chi connectivity index (χ1n) is 9.18. The van der Waals surface area contributed by atoms with E-state index in [-0.39, 0.29) is 0 Å². The Kier molecular flexibility index (Phi) is 7.49. The summed E-state index contributed by atoms with van der Waals surface area (Å²) in [6, 6.07) is 0.533. The van der Waals surface area contributed by atoms with Crippen LogP contribution in [0.2, 0.25) is 0 Å². The van der Waals surface area contributed by atoms with Crippen LogP contribution in [-0.4, -0.2) is 48.1 Å². The molecule has 1 saturated heterocycles. The third-order valence-electron chi connectivity index (χ3n) is 4.80. The molecule has 136 valence electrons. The molecule has 1 aliphatic heterocycles. The summed E-state index contributed by atoms with van der Waals surface area (Å²) in [5.74, 6) is 1.77. The Balaban J connectivity index is 1.84. The molecule has 0 spiro atoms. The quantitative estimate of drug-likeness (QED) is 0.611. The number of nitrogens with zero attached hydrogens (tertiary/aromatic N) is 3. The van der Waals surface area contributed by atoms with Gasteiger partial charge in [0.15, 0.2) is 5.96 Å². The molecule has 1 fully saturated rings. The monoisotopic (exact) mass is 351 g/mol. The second-order valence-corrected chi connectivity index (χ2v) is 8.18. The molecule has 24 heavy (non-hydrogen) atoms. The van der Waals surface area contributed by atoms with Gasteiger partial charge >= 0.3 is 0 Å². The van der Waals surface area contributed by atoms with E-state index >= 15 is 0 Å². The van der Waals surface area contributed by atoms with E-state index in [1.54, 1.807) is 11.3 Å². The van der Waals surface area contributed by atoms with Crippen molar-refractivity contribution in [2.75, 3.05) is 26.2 Å². The maximum Gasteiger partial charge on any atom is 0.191 e. The van der Waals surface area contributed by atoms with Crippen LogP contribution in [0.4, 0.5) is 0 Å². The molecular weight excluding hydrogens is 318 g/mol. The molecule has 1 aromatic heterocycles. The number of rotatable bonds is 6. The van der Waals surface area contributed by atoms with E-state index in [0.29, 0.717) is 12.6 Å². The van der Waals surface area contributed by atoms with Crippen molar-refractivity contribution in [1.82, 2.24) is 20.5 Å². The third-order valence-corrected chi connectivity index (χ3v) is 5.85. The van der Waals surface area contributed by atoms with Crippen LogP contribution in [0, 0.1) is 19.8 Å². The van der Waals surface area contributed by atoms with Crippen molar-refractivity contribution in [2.45, 2.75) is 60.0 Å². The van der Waals surface area contributed by atoms with Crippen molar-refractivity contribution in [2.24, 2.45) is 10.9 Å². The molecule has 1 aromatic rings. The fourth-order valence-corrected chi connectivity index (χ4v) is 3.80. The van der Waals surface area contributed by atoms with Gasteiger partial charge < -0.3 is 10.6 Å². The highest BCUT2D eigenvalue weighted by molar-refractivity contribution is 7.11. The minimum atomic E-state index is 0.533. The van der Waals surface area contributed by atoms with E-state index < -0.39 is 0 Å². The van der Waals surface area contributed by atoms with Gasteiger partial charge in [-0.05, 0) is 59.5 Å². The Hall–Kier alpha value is -1.14. The van der Waals surface area contributed by atoms with Gasteiger partial charge in [0.05, 0.1) is 12.2 Å². The molecule has 2 N–H and O–H groups in total. The Morgan fingerprint density at radius 1 is 1.33 bits per heavy atom. The minimum Gasteiger partial charge on any atom is -0.357 e. The Labute approximate surface area is 151 Å². The van der Waals surface area contributed by atoms with E-state index in [1.807, 2.05) is 0 Å². The molecule has 1 atom stereocenters. The highest BCUT2D eigenvalue weighted by atomic mass is 32.1. The molecule has 1 aliphatic rings. The lowest BCUT2D eigenvalue weighted by Gasteiger charge is -2.35. The lowest BCUT2D eigenvalue weighted by molar-refractivity contribution is 0.147. The summed E-state index contributed by atoms with van der Waals surface area (Å²) >= 11 is 1.74. The molecule has 0 saturated carbocycles. The van der Waals surface area contributed by atoms with Crippen molar-refractivity contribution in [3.63, 3.8) is 0 Å². The second-order valence-electron chi connectivity index (χ2n) is 6.89. The van der Waals surface area contributed by atoms with Gasteiger partial charge in [-0.25, -0.2) is 9.98 Å². The average Bonchev–Trinajstić information content (AvgIpc) is 2.88. The van der Waals surface area contributed by atoms with Gasteiger partial charge in [-0.15, -0.1) is 11.3 Å². The number of nitrogens with one attached hydrogen (secondary N) is 2. The number of aromatic nitrogens is 1. The molecule has 0 amide bonds. The maximum atomic E-state index is 4.69. The fraction of sp³-hybridized carbons (Fsp3) is 0.778. The number of piperidine rings is 1. The van der Waals surface area contributed by atoms with E-state index in [9.17, 15) is 0 Å². The van der Waals surface area contributed by atoms with Gasteiger partial charge in [0.25, 0.3) is 0 Å². The summed E-state index contributed by atoms with van der Waals surface area (Å²) in [6.07, 6.45) is 2.64.